The van der Waals surface area contributed by atoms with Crippen molar-refractivity contribution >= 4 is 44.5 Å². The lowest BCUT2D eigenvalue weighted by atomic mass is 10.1. The number of halogens is 1. The third-order valence-corrected chi connectivity index (χ3v) is 6.91. The summed E-state index contributed by atoms with van der Waals surface area (Å²) in [5.41, 5.74) is 1.35. The lowest BCUT2D eigenvalue weighted by Crippen LogP contribution is -2.50. The molecule has 2 aromatic rings. The highest BCUT2D eigenvalue weighted by atomic mass is 79.9. The van der Waals surface area contributed by atoms with Gasteiger partial charge in [-0.15, -0.1) is 5.10 Å². The Hall–Kier alpha value is -2.52. The molecule has 7 nitrogen and oxygen atoms in total. The smallest absolute Gasteiger partial charge is 0.276 e. The molecule has 9 heteroatoms. The summed E-state index contributed by atoms with van der Waals surface area (Å²) in [6.45, 7) is 2.36. The Kier molecular flexibility index (Phi) is 5.62. The van der Waals surface area contributed by atoms with Crippen molar-refractivity contribution in [1.82, 2.24) is 10.3 Å². The molecule has 1 atom stereocenters. The number of amides is 1. The minimum atomic E-state index is -0.508. The van der Waals surface area contributed by atoms with Crippen molar-refractivity contribution in [3.63, 3.8) is 0 Å². The van der Waals surface area contributed by atoms with E-state index in [9.17, 15) is 4.79 Å². The van der Waals surface area contributed by atoms with Gasteiger partial charge in [-0.3, -0.25) is 15.1 Å². The molecular formula is C22H21BrN4O3S. The molecule has 3 aliphatic rings. The molecule has 1 amide bonds. The van der Waals surface area contributed by atoms with Crippen LogP contribution >= 0.6 is 27.7 Å². The molecule has 5 rings (SSSR count). The molecule has 0 fully saturated rings. The number of hydrazone groups is 1. The van der Waals surface area contributed by atoms with E-state index in [0.29, 0.717) is 22.4 Å². The van der Waals surface area contributed by atoms with Crippen LogP contribution in [-0.4, -0.2) is 28.6 Å². The first kappa shape index (κ1) is 20.4. The molecule has 0 radical (unpaired) electrons. The van der Waals surface area contributed by atoms with Crippen LogP contribution in [0.25, 0.3) is 5.70 Å². The molecule has 1 unspecified atom stereocenters. The molecule has 31 heavy (non-hydrogen) atoms. The summed E-state index contributed by atoms with van der Waals surface area (Å²) in [5, 5.41) is 11.6. The van der Waals surface area contributed by atoms with Crippen LogP contribution in [0.15, 0.2) is 51.0 Å². The van der Waals surface area contributed by atoms with E-state index in [0.717, 1.165) is 45.6 Å². The maximum Gasteiger partial charge on any atom is 0.276 e. The highest BCUT2D eigenvalue weighted by molar-refractivity contribution is 9.10. The monoisotopic (exact) mass is 500 g/mol. The molecular weight excluding hydrogens is 480 g/mol. The van der Waals surface area contributed by atoms with E-state index in [1.165, 1.54) is 0 Å². The number of para-hydroxylation sites is 1. The SMILES string of the molecule is CCCCCSC1=NN2C(=c3ccccc3=NC2c2cc3c(cc2Br)OCO3)C(=O)N1. The number of rotatable bonds is 5. The van der Waals surface area contributed by atoms with Crippen LogP contribution in [0.4, 0.5) is 0 Å². The quantitative estimate of drug-likeness (QED) is 0.637. The Balaban J connectivity index is 1.60. The fourth-order valence-electron chi connectivity index (χ4n) is 3.75. The van der Waals surface area contributed by atoms with E-state index in [1.54, 1.807) is 16.8 Å². The Morgan fingerprint density at radius 1 is 1.23 bits per heavy atom. The molecule has 0 aliphatic carbocycles. The number of fused-ring (bicyclic) bond motifs is 3. The summed E-state index contributed by atoms with van der Waals surface area (Å²) < 4.78 is 11.9. The predicted octanol–water partition coefficient (Wildman–Crippen LogP) is 3.24. The maximum absolute atomic E-state index is 13.2. The van der Waals surface area contributed by atoms with E-state index < -0.39 is 6.17 Å². The minimum absolute atomic E-state index is 0.169. The normalized spacial score (nSPS) is 18.7. The topological polar surface area (TPSA) is 75.5 Å². The average molecular weight is 501 g/mol. The highest BCUT2D eigenvalue weighted by Gasteiger charge is 2.36. The van der Waals surface area contributed by atoms with E-state index in [-0.39, 0.29) is 12.7 Å². The summed E-state index contributed by atoms with van der Waals surface area (Å²) in [5.74, 6) is 2.08. The molecule has 3 heterocycles. The van der Waals surface area contributed by atoms with Gasteiger partial charge < -0.3 is 9.47 Å². The first-order chi connectivity index (χ1) is 15.2. The first-order valence-corrected chi connectivity index (χ1v) is 12.0. The zero-order chi connectivity index (χ0) is 21.4. The third-order valence-electron chi connectivity index (χ3n) is 5.27. The standard InChI is InChI=1S/C22H21BrN4O3S/c1-2-3-6-9-31-22-25-21(28)19-13-7-4-5-8-16(13)24-20(27(19)26-22)14-10-17-18(11-15(14)23)30-12-29-17/h4-5,7-8,10-11,20H,2-3,6,9,12H2,1H3,(H,25,26,28). The van der Waals surface area contributed by atoms with Gasteiger partial charge in [0.1, 0.15) is 5.70 Å². The number of carbonyl (C=O) groups is 1. The molecule has 1 N–H and O–H groups in total. The van der Waals surface area contributed by atoms with E-state index in [4.69, 9.17) is 19.6 Å². The van der Waals surface area contributed by atoms with Crippen LogP contribution in [0.3, 0.4) is 0 Å². The maximum atomic E-state index is 13.2. The van der Waals surface area contributed by atoms with E-state index >= 15 is 0 Å². The number of unbranched alkanes of at least 4 members (excludes halogenated alkanes) is 2. The van der Waals surface area contributed by atoms with Crippen molar-refractivity contribution in [3.05, 3.63) is 57.0 Å². The molecule has 0 bridgehead atoms. The highest BCUT2D eigenvalue weighted by Crippen LogP contribution is 2.42. The van der Waals surface area contributed by atoms with E-state index in [2.05, 4.69) is 28.2 Å². The Labute approximate surface area is 192 Å². The number of hydrogen-bond donors (Lipinski definition) is 1. The van der Waals surface area contributed by atoms with Gasteiger partial charge in [0, 0.05) is 21.0 Å². The van der Waals surface area contributed by atoms with Crippen molar-refractivity contribution in [2.45, 2.75) is 32.4 Å². The summed E-state index contributed by atoms with van der Waals surface area (Å²) in [6.07, 6.45) is 2.88. The fourth-order valence-corrected chi connectivity index (χ4v) is 5.13. The van der Waals surface area contributed by atoms with E-state index in [1.807, 2.05) is 36.4 Å². The molecule has 3 aliphatic heterocycles. The van der Waals surface area contributed by atoms with Gasteiger partial charge in [-0.25, -0.2) is 5.01 Å². The predicted molar refractivity (Wildman–Crippen MR) is 123 cm³/mol. The van der Waals surface area contributed by atoms with Gasteiger partial charge in [-0.2, -0.15) is 0 Å². The first-order valence-electron chi connectivity index (χ1n) is 10.2. The summed E-state index contributed by atoms with van der Waals surface area (Å²) >= 11 is 5.21. The van der Waals surface area contributed by atoms with Crippen LogP contribution in [0.1, 0.15) is 37.9 Å². The second kappa shape index (κ2) is 8.55. The number of amidine groups is 1. The van der Waals surface area contributed by atoms with Gasteiger partial charge >= 0.3 is 0 Å². The fraction of sp³-hybridized carbons (Fsp3) is 0.318. The molecule has 160 valence electrons. The Morgan fingerprint density at radius 3 is 2.87 bits per heavy atom. The summed E-state index contributed by atoms with van der Waals surface area (Å²) in [4.78, 5) is 18.1. The van der Waals surface area contributed by atoms with Gasteiger partial charge in [0.15, 0.2) is 22.8 Å². The Morgan fingerprint density at radius 2 is 2.03 bits per heavy atom. The molecule has 0 aromatic heterocycles. The molecule has 0 saturated heterocycles. The zero-order valence-electron chi connectivity index (χ0n) is 16.9. The van der Waals surface area contributed by atoms with Crippen LogP contribution in [0.2, 0.25) is 0 Å². The number of carbonyl (C=O) groups excluding carboxylic acids is 1. The van der Waals surface area contributed by atoms with Crippen LogP contribution in [0, 0.1) is 0 Å². The number of nitrogens with one attached hydrogen (secondary N) is 1. The van der Waals surface area contributed by atoms with Gasteiger partial charge in [0.05, 0.1) is 5.36 Å². The minimum Gasteiger partial charge on any atom is -0.454 e. The number of ether oxygens (including phenoxy) is 2. The Bertz CT molecular complexity index is 1200. The second-order valence-corrected chi connectivity index (χ2v) is 9.29. The summed E-state index contributed by atoms with van der Waals surface area (Å²) in [7, 11) is 0. The third kappa shape index (κ3) is 3.80. The summed E-state index contributed by atoms with van der Waals surface area (Å²) in [6, 6.07) is 11.4. The van der Waals surface area contributed by atoms with Crippen LogP contribution < -0.4 is 25.4 Å². The molecule has 2 aromatic carbocycles. The van der Waals surface area contributed by atoms with Crippen molar-refractivity contribution in [1.29, 1.82) is 0 Å². The van der Waals surface area contributed by atoms with Crippen molar-refractivity contribution in [3.8, 4) is 11.5 Å². The van der Waals surface area contributed by atoms with Gasteiger partial charge in [0.25, 0.3) is 5.91 Å². The zero-order valence-corrected chi connectivity index (χ0v) is 19.3. The van der Waals surface area contributed by atoms with Crippen LogP contribution in [-0.2, 0) is 4.79 Å². The number of benzene rings is 2. The lowest BCUT2D eigenvalue weighted by Gasteiger charge is -2.34. The number of hydrogen-bond acceptors (Lipinski definition) is 7. The lowest BCUT2D eigenvalue weighted by molar-refractivity contribution is -0.116. The largest absolute Gasteiger partial charge is 0.454 e. The van der Waals surface area contributed by atoms with Gasteiger partial charge in [-0.1, -0.05) is 65.7 Å². The average Bonchev–Trinajstić information content (AvgIpc) is 3.22. The van der Waals surface area contributed by atoms with Crippen molar-refractivity contribution in [2.75, 3.05) is 12.5 Å². The second-order valence-electron chi connectivity index (χ2n) is 7.35. The molecule has 0 spiro atoms. The van der Waals surface area contributed by atoms with Gasteiger partial charge in [0.2, 0.25) is 6.79 Å². The van der Waals surface area contributed by atoms with Crippen molar-refractivity contribution in [2.24, 2.45) is 10.1 Å². The van der Waals surface area contributed by atoms with Crippen molar-refractivity contribution < 1.29 is 14.3 Å². The number of thioether (sulfide) groups is 1. The number of nitrogens with zero attached hydrogens (tertiary/aromatic N) is 3. The van der Waals surface area contributed by atoms with Gasteiger partial charge in [-0.05, 0) is 24.6 Å². The van der Waals surface area contributed by atoms with Crippen LogP contribution in [0.5, 0.6) is 11.5 Å². The molecule has 0 saturated carbocycles.